The van der Waals surface area contributed by atoms with Gasteiger partial charge in [0.05, 0.1) is 12.5 Å². The molecule has 2 rings (SSSR count). The number of hydrogen-bond donors (Lipinski definition) is 0. The number of carbonyl (C=O) groups is 2. The molecule has 0 saturated heterocycles. The molecular weight excluding hydrogens is 290 g/mol. The average Bonchev–Trinajstić information content (AvgIpc) is 3.28. The number of rotatable bonds is 6. The van der Waals surface area contributed by atoms with Gasteiger partial charge < -0.3 is 9.64 Å². The lowest BCUT2D eigenvalue weighted by molar-refractivity contribution is -0.147. The van der Waals surface area contributed by atoms with Crippen molar-refractivity contribution in [3.8, 4) is 0 Å². The Morgan fingerprint density at radius 1 is 1.43 bits per heavy atom. The summed E-state index contributed by atoms with van der Waals surface area (Å²) in [4.78, 5) is 26.1. The number of amides is 1. The lowest BCUT2D eigenvalue weighted by Crippen LogP contribution is -2.39. The van der Waals surface area contributed by atoms with Gasteiger partial charge in [-0.1, -0.05) is 24.6 Å². The van der Waals surface area contributed by atoms with Gasteiger partial charge >= 0.3 is 5.97 Å². The molecule has 0 aromatic heterocycles. The summed E-state index contributed by atoms with van der Waals surface area (Å²) < 4.78 is 5.01. The van der Waals surface area contributed by atoms with Crippen LogP contribution in [-0.4, -0.2) is 36.0 Å². The zero-order valence-electron chi connectivity index (χ0n) is 12.3. The Kier molecular flexibility index (Phi) is 5.23. The van der Waals surface area contributed by atoms with Gasteiger partial charge in [-0.05, 0) is 38.0 Å². The minimum Gasteiger partial charge on any atom is -0.466 e. The molecule has 114 valence electrons. The molecule has 0 N–H and O–H groups in total. The Morgan fingerprint density at radius 3 is 2.71 bits per heavy atom. The molecule has 1 saturated carbocycles. The molecule has 0 aliphatic heterocycles. The highest BCUT2D eigenvalue weighted by atomic mass is 35.5. The lowest BCUT2D eigenvalue weighted by Gasteiger charge is -2.25. The summed E-state index contributed by atoms with van der Waals surface area (Å²) in [7, 11) is 0. The van der Waals surface area contributed by atoms with Crippen LogP contribution < -0.4 is 0 Å². The van der Waals surface area contributed by atoms with E-state index in [2.05, 4.69) is 0 Å². The van der Waals surface area contributed by atoms with Crippen LogP contribution in [0.5, 0.6) is 0 Å². The van der Waals surface area contributed by atoms with Gasteiger partial charge in [-0.15, -0.1) is 0 Å². The van der Waals surface area contributed by atoms with Crippen LogP contribution in [-0.2, 0) is 9.53 Å². The summed E-state index contributed by atoms with van der Waals surface area (Å²) in [6.45, 7) is 4.31. The Bertz CT molecular complexity index is 528. The van der Waals surface area contributed by atoms with Gasteiger partial charge in [0.2, 0.25) is 0 Å². The van der Waals surface area contributed by atoms with Gasteiger partial charge in [-0.2, -0.15) is 0 Å². The van der Waals surface area contributed by atoms with Crippen molar-refractivity contribution in [1.29, 1.82) is 0 Å². The second kappa shape index (κ2) is 6.94. The molecule has 21 heavy (non-hydrogen) atoms. The van der Waals surface area contributed by atoms with E-state index in [1.54, 1.807) is 43.0 Å². The summed E-state index contributed by atoms with van der Waals surface area (Å²) in [5, 5.41) is 0.537. The third-order valence-electron chi connectivity index (χ3n) is 3.48. The average molecular weight is 310 g/mol. The highest BCUT2D eigenvalue weighted by Gasteiger charge is 2.35. The van der Waals surface area contributed by atoms with Crippen molar-refractivity contribution in [3.63, 3.8) is 0 Å². The third-order valence-corrected chi connectivity index (χ3v) is 3.71. The first kappa shape index (κ1) is 15.8. The summed E-state index contributed by atoms with van der Waals surface area (Å²) in [6, 6.07) is 7.14. The summed E-state index contributed by atoms with van der Waals surface area (Å²) in [5.41, 5.74) is 0.561. The van der Waals surface area contributed by atoms with Crippen LogP contribution in [0, 0.1) is 5.92 Å². The number of hydrogen-bond acceptors (Lipinski definition) is 3. The quantitative estimate of drug-likeness (QED) is 0.758. The van der Waals surface area contributed by atoms with Gasteiger partial charge in [0.15, 0.2) is 0 Å². The highest BCUT2D eigenvalue weighted by molar-refractivity contribution is 6.30. The molecule has 1 amide bonds. The second-order valence-electron chi connectivity index (χ2n) is 5.35. The van der Waals surface area contributed by atoms with Crippen LogP contribution in [0.1, 0.15) is 37.0 Å². The van der Waals surface area contributed by atoms with Crippen LogP contribution in [0.2, 0.25) is 5.02 Å². The molecule has 5 heteroatoms. The van der Waals surface area contributed by atoms with Crippen molar-refractivity contribution < 1.29 is 14.3 Å². The molecule has 0 bridgehead atoms. The number of halogens is 1. The van der Waals surface area contributed by atoms with Crippen LogP contribution in [0.4, 0.5) is 0 Å². The normalized spacial score (nSPS) is 15.4. The topological polar surface area (TPSA) is 46.6 Å². The molecule has 1 aromatic carbocycles. The maximum atomic E-state index is 12.6. The monoisotopic (exact) mass is 309 g/mol. The van der Waals surface area contributed by atoms with Gasteiger partial charge in [0.1, 0.15) is 0 Å². The van der Waals surface area contributed by atoms with E-state index in [1.165, 1.54) is 0 Å². The molecule has 1 aromatic rings. The van der Waals surface area contributed by atoms with Gasteiger partial charge in [-0.25, -0.2) is 0 Å². The van der Waals surface area contributed by atoms with Gasteiger partial charge in [-0.3, -0.25) is 9.59 Å². The Hall–Kier alpha value is -1.55. The van der Waals surface area contributed by atoms with Gasteiger partial charge in [0.25, 0.3) is 5.91 Å². The minimum atomic E-state index is -0.325. The Morgan fingerprint density at radius 2 is 2.14 bits per heavy atom. The van der Waals surface area contributed by atoms with E-state index in [0.717, 1.165) is 12.8 Å². The lowest BCUT2D eigenvalue weighted by atomic mass is 10.1. The van der Waals surface area contributed by atoms with Crippen LogP contribution in [0.25, 0.3) is 0 Å². The first-order valence-corrected chi connectivity index (χ1v) is 7.64. The standard InChI is InChI=1S/C16H20ClNO3/c1-3-21-16(20)11(2)10-18(14-7-8-14)15(19)12-5-4-6-13(17)9-12/h4-6,9,11,14H,3,7-8,10H2,1-2H3. The number of esters is 1. The van der Waals surface area contributed by atoms with E-state index < -0.39 is 0 Å². The van der Waals surface area contributed by atoms with Crippen LogP contribution >= 0.6 is 11.6 Å². The van der Waals surface area contributed by atoms with E-state index in [-0.39, 0.29) is 23.8 Å². The van der Waals surface area contributed by atoms with Crippen molar-refractivity contribution in [3.05, 3.63) is 34.9 Å². The Balaban J connectivity index is 2.08. The van der Waals surface area contributed by atoms with Crippen molar-refractivity contribution in [2.75, 3.05) is 13.2 Å². The molecular formula is C16H20ClNO3. The minimum absolute atomic E-state index is 0.0730. The molecule has 1 aliphatic rings. The predicted molar refractivity (Wildman–Crippen MR) is 81.3 cm³/mol. The fourth-order valence-electron chi connectivity index (χ4n) is 2.23. The second-order valence-corrected chi connectivity index (χ2v) is 5.79. The molecule has 1 aliphatic carbocycles. The number of carbonyl (C=O) groups excluding carboxylic acids is 2. The maximum Gasteiger partial charge on any atom is 0.310 e. The zero-order chi connectivity index (χ0) is 15.4. The molecule has 0 radical (unpaired) electrons. The molecule has 0 spiro atoms. The van der Waals surface area contributed by atoms with Crippen LogP contribution in [0.15, 0.2) is 24.3 Å². The van der Waals surface area contributed by atoms with Crippen molar-refractivity contribution in [2.45, 2.75) is 32.7 Å². The maximum absolute atomic E-state index is 12.6. The molecule has 4 nitrogen and oxygen atoms in total. The Labute approximate surface area is 130 Å². The predicted octanol–water partition coefficient (Wildman–Crippen LogP) is 3.14. The van der Waals surface area contributed by atoms with Crippen molar-refractivity contribution >= 4 is 23.5 Å². The fourth-order valence-corrected chi connectivity index (χ4v) is 2.42. The van der Waals surface area contributed by atoms with E-state index in [9.17, 15) is 9.59 Å². The number of nitrogens with zero attached hydrogens (tertiary/aromatic N) is 1. The first-order valence-electron chi connectivity index (χ1n) is 7.26. The highest BCUT2D eigenvalue weighted by Crippen LogP contribution is 2.29. The zero-order valence-corrected chi connectivity index (χ0v) is 13.1. The molecule has 1 fully saturated rings. The molecule has 0 heterocycles. The SMILES string of the molecule is CCOC(=O)C(C)CN(C(=O)c1cccc(Cl)c1)C1CC1. The van der Waals surface area contributed by atoms with Crippen molar-refractivity contribution in [2.24, 2.45) is 5.92 Å². The third kappa shape index (κ3) is 4.21. The van der Waals surface area contributed by atoms with Gasteiger partial charge in [0, 0.05) is 23.2 Å². The molecule has 1 atom stereocenters. The number of ether oxygens (including phenoxy) is 1. The van der Waals surface area contributed by atoms with Crippen LogP contribution in [0.3, 0.4) is 0 Å². The fraction of sp³-hybridized carbons (Fsp3) is 0.500. The summed E-state index contributed by atoms with van der Waals surface area (Å²) in [5.74, 6) is -0.660. The van der Waals surface area contributed by atoms with Crippen molar-refractivity contribution in [1.82, 2.24) is 4.90 Å². The van der Waals surface area contributed by atoms with E-state index in [1.807, 2.05) is 0 Å². The van der Waals surface area contributed by atoms with E-state index >= 15 is 0 Å². The molecule has 1 unspecified atom stereocenters. The van der Waals surface area contributed by atoms with E-state index in [4.69, 9.17) is 16.3 Å². The van der Waals surface area contributed by atoms with E-state index in [0.29, 0.717) is 23.7 Å². The number of benzene rings is 1. The summed E-state index contributed by atoms with van der Waals surface area (Å²) in [6.07, 6.45) is 1.98. The first-order chi connectivity index (χ1) is 10.0. The summed E-state index contributed by atoms with van der Waals surface area (Å²) >= 11 is 5.94. The largest absolute Gasteiger partial charge is 0.466 e. The smallest absolute Gasteiger partial charge is 0.310 e.